The second-order valence-electron chi connectivity index (χ2n) is 5.88. The van der Waals surface area contributed by atoms with E-state index in [0.717, 1.165) is 12.3 Å². The van der Waals surface area contributed by atoms with Crippen LogP contribution in [0.1, 0.15) is 38.5 Å². The van der Waals surface area contributed by atoms with E-state index in [2.05, 4.69) is 9.97 Å². The van der Waals surface area contributed by atoms with Crippen molar-refractivity contribution in [3.8, 4) is 22.8 Å². The van der Waals surface area contributed by atoms with Gasteiger partial charge in [0.05, 0.1) is 35.4 Å². The van der Waals surface area contributed by atoms with Crippen LogP contribution in [-0.2, 0) is 0 Å². The first-order valence-electron chi connectivity index (χ1n) is 7.88. The van der Waals surface area contributed by atoms with Crippen molar-refractivity contribution in [3.05, 3.63) is 29.7 Å². The van der Waals surface area contributed by atoms with Gasteiger partial charge in [-0.1, -0.05) is 43.7 Å². The lowest BCUT2D eigenvalue weighted by molar-refractivity contribution is 0.246. The summed E-state index contributed by atoms with van der Waals surface area (Å²) in [6.07, 6.45) is 10.9. The topological polar surface area (TPSA) is 58.1 Å². The average Bonchev–Trinajstić information content (AvgIpc) is 3.06. The highest BCUT2D eigenvalue weighted by atomic mass is 35.5. The first-order valence-corrected chi connectivity index (χ1v) is 8.26. The molecular weight excluding hydrogens is 300 g/mol. The van der Waals surface area contributed by atoms with E-state index in [4.69, 9.17) is 16.3 Å². The van der Waals surface area contributed by atoms with Crippen LogP contribution in [0.2, 0.25) is 5.02 Å². The summed E-state index contributed by atoms with van der Waals surface area (Å²) < 4.78 is 5.94. The van der Waals surface area contributed by atoms with E-state index >= 15 is 0 Å². The number of halogens is 1. The molecule has 1 aromatic heterocycles. The summed E-state index contributed by atoms with van der Waals surface area (Å²) in [6.45, 7) is 0.620. The lowest BCUT2D eigenvalue weighted by atomic mass is 9.87. The zero-order chi connectivity index (χ0) is 15.4. The lowest BCUT2D eigenvalue weighted by Gasteiger charge is -2.22. The number of aromatic nitrogens is 2. The van der Waals surface area contributed by atoms with Crippen molar-refractivity contribution >= 4 is 11.6 Å². The van der Waals surface area contributed by atoms with Crippen LogP contribution in [0.4, 0.5) is 0 Å². The second kappa shape index (κ2) is 7.05. The highest BCUT2D eigenvalue weighted by Gasteiger charge is 2.18. The largest absolute Gasteiger partial charge is 0.507 e. The van der Waals surface area contributed by atoms with Crippen molar-refractivity contribution in [1.82, 2.24) is 9.97 Å². The monoisotopic (exact) mass is 320 g/mol. The van der Waals surface area contributed by atoms with Crippen molar-refractivity contribution in [3.63, 3.8) is 0 Å². The molecule has 2 N–H and O–H groups in total. The van der Waals surface area contributed by atoms with Crippen LogP contribution >= 0.6 is 11.6 Å². The fourth-order valence-electron chi connectivity index (χ4n) is 3.14. The lowest BCUT2D eigenvalue weighted by Crippen LogP contribution is -2.11. The highest BCUT2D eigenvalue weighted by Crippen LogP contribution is 2.41. The third kappa shape index (κ3) is 3.38. The van der Waals surface area contributed by atoms with Gasteiger partial charge in [0.1, 0.15) is 5.75 Å². The number of nitrogens with zero attached hydrogens (tertiary/aromatic N) is 1. The predicted octanol–water partition coefficient (Wildman–Crippen LogP) is 4.78. The number of phenolic OH excluding ortho intramolecular Hbond substituents is 1. The number of nitrogens with one attached hydrogen (secondary N) is 1. The maximum atomic E-state index is 10.1. The third-order valence-electron chi connectivity index (χ3n) is 4.35. The van der Waals surface area contributed by atoms with E-state index in [9.17, 15) is 5.11 Å². The van der Waals surface area contributed by atoms with Gasteiger partial charge in [0, 0.05) is 0 Å². The number of hydrogen-bond donors (Lipinski definition) is 2. The molecule has 118 valence electrons. The average molecular weight is 321 g/mol. The number of rotatable bonds is 5. The molecule has 0 aliphatic heterocycles. The molecule has 2 aromatic rings. The van der Waals surface area contributed by atoms with E-state index in [-0.39, 0.29) is 5.75 Å². The van der Waals surface area contributed by atoms with Gasteiger partial charge in [-0.2, -0.15) is 0 Å². The van der Waals surface area contributed by atoms with Crippen LogP contribution in [0, 0.1) is 5.92 Å². The number of ether oxygens (including phenoxy) is 1. The number of hydrogen-bond acceptors (Lipinski definition) is 3. The van der Waals surface area contributed by atoms with E-state index in [1.54, 1.807) is 24.7 Å². The van der Waals surface area contributed by atoms with Gasteiger partial charge in [-0.15, -0.1) is 0 Å². The van der Waals surface area contributed by atoms with Crippen LogP contribution in [0.15, 0.2) is 24.7 Å². The van der Waals surface area contributed by atoms with Crippen molar-refractivity contribution in [2.75, 3.05) is 6.61 Å². The molecule has 5 heteroatoms. The van der Waals surface area contributed by atoms with Gasteiger partial charge in [0.15, 0.2) is 5.75 Å². The first kappa shape index (κ1) is 15.2. The Bertz CT molecular complexity index is 607. The van der Waals surface area contributed by atoms with Gasteiger partial charge < -0.3 is 14.8 Å². The Morgan fingerprint density at radius 2 is 2.09 bits per heavy atom. The molecule has 1 fully saturated rings. The molecular formula is C17H21ClN2O2. The van der Waals surface area contributed by atoms with Gasteiger partial charge in [-0.25, -0.2) is 4.98 Å². The van der Waals surface area contributed by atoms with E-state index < -0.39 is 0 Å². The van der Waals surface area contributed by atoms with Crippen LogP contribution in [0.25, 0.3) is 11.3 Å². The Labute approximate surface area is 135 Å². The smallest absolute Gasteiger partial charge is 0.150 e. The number of imidazole rings is 1. The van der Waals surface area contributed by atoms with E-state index in [1.165, 1.54) is 32.1 Å². The van der Waals surface area contributed by atoms with E-state index in [1.807, 2.05) is 0 Å². The minimum absolute atomic E-state index is 0.140. The molecule has 0 bridgehead atoms. The SMILES string of the molecule is Oc1ccc(Cl)c(OCCC2CCCCC2)c1-c1cnc[nH]1. The van der Waals surface area contributed by atoms with Gasteiger partial charge in [0.25, 0.3) is 0 Å². The number of aromatic hydroxyl groups is 1. The molecule has 0 spiro atoms. The zero-order valence-corrected chi connectivity index (χ0v) is 13.3. The molecule has 0 amide bonds. The van der Waals surface area contributed by atoms with Gasteiger partial charge >= 0.3 is 0 Å². The summed E-state index contributed by atoms with van der Waals surface area (Å²) in [5, 5.41) is 10.7. The number of phenols is 1. The zero-order valence-electron chi connectivity index (χ0n) is 12.5. The van der Waals surface area contributed by atoms with E-state index in [0.29, 0.717) is 28.6 Å². The summed E-state index contributed by atoms with van der Waals surface area (Å²) in [5.74, 6) is 1.42. The fraction of sp³-hybridized carbons (Fsp3) is 0.471. The van der Waals surface area contributed by atoms with Gasteiger partial charge in [0.2, 0.25) is 0 Å². The third-order valence-corrected chi connectivity index (χ3v) is 4.65. The standard InChI is InChI=1S/C17H21ClN2O2/c18-13-6-7-15(21)16(14-10-19-11-20-14)17(13)22-9-8-12-4-2-1-3-5-12/h6-7,10-12,21H,1-5,8-9H2,(H,19,20). The van der Waals surface area contributed by atoms with Crippen molar-refractivity contribution < 1.29 is 9.84 Å². The molecule has 0 radical (unpaired) electrons. The first-order chi connectivity index (χ1) is 10.8. The molecule has 1 aromatic carbocycles. The Kier molecular flexibility index (Phi) is 4.88. The normalized spacial score (nSPS) is 15.9. The molecule has 3 rings (SSSR count). The number of benzene rings is 1. The Balaban J connectivity index is 1.73. The molecule has 0 saturated heterocycles. The summed E-state index contributed by atoms with van der Waals surface area (Å²) >= 11 is 6.27. The molecule has 22 heavy (non-hydrogen) atoms. The Morgan fingerprint density at radius 3 is 2.82 bits per heavy atom. The summed E-state index contributed by atoms with van der Waals surface area (Å²) in [4.78, 5) is 6.99. The van der Waals surface area contributed by atoms with Crippen LogP contribution in [0.3, 0.4) is 0 Å². The molecule has 0 unspecified atom stereocenters. The number of H-pyrrole nitrogens is 1. The Hall–Kier alpha value is -1.68. The van der Waals surface area contributed by atoms with Crippen LogP contribution in [-0.4, -0.2) is 21.7 Å². The summed E-state index contributed by atoms with van der Waals surface area (Å²) in [7, 11) is 0. The fourth-order valence-corrected chi connectivity index (χ4v) is 3.36. The quantitative estimate of drug-likeness (QED) is 0.833. The molecule has 0 atom stereocenters. The maximum Gasteiger partial charge on any atom is 0.150 e. The maximum absolute atomic E-state index is 10.1. The molecule has 1 aliphatic rings. The van der Waals surface area contributed by atoms with Crippen molar-refractivity contribution in [2.45, 2.75) is 38.5 Å². The second-order valence-corrected chi connectivity index (χ2v) is 6.28. The molecule has 1 aliphatic carbocycles. The summed E-state index contributed by atoms with van der Waals surface area (Å²) in [6, 6.07) is 3.24. The highest BCUT2D eigenvalue weighted by molar-refractivity contribution is 6.32. The number of aromatic amines is 1. The van der Waals surface area contributed by atoms with Gasteiger partial charge in [-0.3, -0.25) is 0 Å². The predicted molar refractivity (Wildman–Crippen MR) is 87.4 cm³/mol. The van der Waals surface area contributed by atoms with Crippen molar-refractivity contribution in [2.24, 2.45) is 5.92 Å². The van der Waals surface area contributed by atoms with Crippen molar-refractivity contribution in [1.29, 1.82) is 0 Å². The van der Waals surface area contributed by atoms with Gasteiger partial charge in [-0.05, 0) is 24.5 Å². The molecule has 1 saturated carbocycles. The van der Waals surface area contributed by atoms with Crippen LogP contribution < -0.4 is 4.74 Å². The minimum Gasteiger partial charge on any atom is -0.507 e. The summed E-state index contributed by atoms with van der Waals surface area (Å²) in [5.41, 5.74) is 1.28. The van der Waals surface area contributed by atoms with Crippen LogP contribution in [0.5, 0.6) is 11.5 Å². The molecule has 1 heterocycles. The molecule has 4 nitrogen and oxygen atoms in total. The minimum atomic E-state index is 0.140. The Morgan fingerprint density at radius 1 is 1.27 bits per heavy atom.